The van der Waals surface area contributed by atoms with Crippen LogP contribution in [-0.4, -0.2) is 9.91 Å². The maximum atomic E-state index is 10.6. The lowest BCUT2D eigenvalue weighted by atomic mass is 10.1. The van der Waals surface area contributed by atoms with Crippen molar-refractivity contribution in [3.63, 3.8) is 0 Å². The Morgan fingerprint density at radius 3 is 2.81 bits per heavy atom. The van der Waals surface area contributed by atoms with Crippen LogP contribution in [0.4, 0.5) is 10.8 Å². The van der Waals surface area contributed by atoms with Gasteiger partial charge in [-0.05, 0) is 6.92 Å². The second-order valence-corrected chi connectivity index (χ2v) is 4.50. The van der Waals surface area contributed by atoms with Crippen LogP contribution in [0, 0.1) is 17.0 Å². The van der Waals surface area contributed by atoms with E-state index in [9.17, 15) is 10.1 Å². The fraction of sp³-hybridized carbons (Fsp3) is 0.100. The number of nitro benzene ring substituents is 1. The SMILES string of the molecule is Cc1sc(N)nc1-c1cccc([N+](=O)[O-])c1. The zero-order valence-corrected chi connectivity index (χ0v) is 9.32. The predicted octanol–water partition coefficient (Wildman–Crippen LogP) is 2.61. The van der Waals surface area contributed by atoms with Crippen molar-refractivity contribution in [3.8, 4) is 11.3 Å². The number of nitrogens with two attached hydrogens (primary N) is 1. The summed E-state index contributed by atoms with van der Waals surface area (Å²) in [6.45, 7) is 1.89. The van der Waals surface area contributed by atoms with Crippen molar-refractivity contribution in [2.24, 2.45) is 0 Å². The maximum Gasteiger partial charge on any atom is 0.270 e. The largest absolute Gasteiger partial charge is 0.375 e. The van der Waals surface area contributed by atoms with Gasteiger partial charge < -0.3 is 5.73 Å². The van der Waals surface area contributed by atoms with E-state index in [1.54, 1.807) is 12.1 Å². The van der Waals surface area contributed by atoms with Crippen LogP contribution in [0.3, 0.4) is 0 Å². The van der Waals surface area contributed by atoms with Gasteiger partial charge in [-0.2, -0.15) is 0 Å². The number of rotatable bonds is 2. The number of nitro groups is 1. The van der Waals surface area contributed by atoms with Crippen LogP contribution in [0.1, 0.15) is 4.88 Å². The topological polar surface area (TPSA) is 82.0 Å². The summed E-state index contributed by atoms with van der Waals surface area (Å²) in [6, 6.07) is 6.38. The van der Waals surface area contributed by atoms with E-state index in [1.165, 1.54) is 23.5 Å². The number of hydrogen-bond acceptors (Lipinski definition) is 5. The third kappa shape index (κ3) is 1.87. The van der Waals surface area contributed by atoms with E-state index in [2.05, 4.69) is 4.98 Å². The molecule has 2 N–H and O–H groups in total. The van der Waals surface area contributed by atoms with Crippen LogP contribution >= 0.6 is 11.3 Å². The highest BCUT2D eigenvalue weighted by atomic mass is 32.1. The molecular formula is C10H9N3O2S. The number of non-ortho nitro benzene ring substituents is 1. The lowest BCUT2D eigenvalue weighted by Crippen LogP contribution is -1.89. The molecule has 2 rings (SSSR count). The van der Waals surface area contributed by atoms with Crippen LogP contribution < -0.4 is 5.73 Å². The monoisotopic (exact) mass is 235 g/mol. The summed E-state index contributed by atoms with van der Waals surface area (Å²) < 4.78 is 0. The zero-order valence-electron chi connectivity index (χ0n) is 8.51. The summed E-state index contributed by atoms with van der Waals surface area (Å²) >= 11 is 1.38. The first kappa shape index (κ1) is 10.6. The van der Waals surface area contributed by atoms with Gasteiger partial charge in [-0.1, -0.05) is 12.1 Å². The molecule has 0 fully saturated rings. The van der Waals surface area contributed by atoms with Crippen LogP contribution in [0.5, 0.6) is 0 Å². The normalized spacial score (nSPS) is 10.3. The van der Waals surface area contributed by atoms with Gasteiger partial charge in [-0.3, -0.25) is 10.1 Å². The number of hydrogen-bond donors (Lipinski definition) is 1. The molecule has 0 unspecified atom stereocenters. The van der Waals surface area contributed by atoms with Crippen LogP contribution in [0.25, 0.3) is 11.3 Å². The van der Waals surface area contributed by atoms with Crippen LogP contribution in [0.2, 0.25) is 0 Å². The van der Waals surface area contributed by atoms with E-state index in [0.717, 1.165) is 10.4 Å². The molecule has 1 heterocycles. The molecule has 0 spiro atoms. The fourth-order valence-electron chi connectivity index (χ4n) is 1.45. The minimum Gasteiger partial charge on any atom is -0.375 e. The number of anilines is 1. The number of benzene rings is 1. The summed E-state index contributed by atoms with van der Waals surface area (Å²) in [6.07, 6.45) is 0. The Labute approximate surface area is 95.7 Å². The minimum atomic E-state index is -0.422. The average Bonchev–Trinajstić information content (AvgIpc) is 2.58. The third-order valence-electron chi connectivity index (χ3n) is 2.14. The Bertz CT molecular complexity index is 551. The van der Waals surface area contributed by atoms with Gasteiger partial charge >= 0.3 is 0 Å². The Hall–Kier alpha value is -1.95. The molecule has 0 atom stereocenters. The first-order valence-electron chi connectivity index (χ1n) is 4.55. The molecule has 0 aliphatic carbocycles. The molecule has 0 aliphatic heterocycles. The Kier molecular flexibility index (Phi) is 2.57. The smallest absolute Gasteiger partial charge is 0.270 e. The molecule has 0 aliphatic rings. The predicted molar refractivity (Wildman–Crippen MR) is 63.4 cm³/mol. The maximum absolute atomic E-state index is 10.6. The highest BCUT2D eigenvalue weighted by Crippen LogP contribution is 2.30. The molecule has 0 saturated carbocycles. The second-order valence-electron chi connectivity index (χ2n) is 3.26. The van der Waals surface area contributed by atoms with Gasteiger partial charge in [-0.15, -0.1) is 11.3 Å². The van der Waals surface area contributed by atoms with Crippen molar-refractivity contribution in [3.05, 3.63) is 39.3 Å². The van der Waals surface area contributed by atoms with E-state index in [0.29, 0.717) is 10.8 Å². The van der Waals surface area contributed by atoms with E-state index in [4.69, 9.17) is 5.73 Å². The van der Waals surface area contributed by atoms with Crippen molar-refractivity contribution in [1.82, 2.24) is 4.98 Å². The van der Waals surface area contributed by atoms with Crippen LogP contribution in [-0.2, 0) is 0 Å². The van der Waals surface area contributed by atoms with Gasteiger partial charge in [0.05, 0.1) is 10.6 Å². The Morgan fingerprint density at radius 1 is 1.50 bits per heavy atom. The first-order chi connectivity index (χ1) is 7.58. The van der Waals surface area contributed by atoms with Gasteiger partial charge in [0.15, 0.2) is 5.13 Å². The van der Waals surface area contributed by atoms with Crippen molar-refractivity contribution in [2.45, 2.75) is 6.92 Å². The summed E-state index contributed by atoms with van der Waals surface area (Å²) in [5.74, 6) is 0. The van der Waals surface area contributed by atoms with E-state index in [-0.39, 0.29) is 5.69 Å². The molecule has 16 heavy (non-hydrogen) atoms. The molecule has 82 valence electrons. The van der Waals surface area contributed by atoms with Crippen molar-refractivity contribution in [2.75, 3.05) is 5.73 Å². The van der Waals surface area contributed by atoms with Crippen molar-refractivity contribution in [1.29, 1.82) is 0 Å². The summed E-state index contributed by atoms with van der Waals surface area (Å²) in [4.78, 5) is 15.3. The summed E-state index contributed by atoms with van der Waals surface area (Å²) in [7, 11) is 0. The molecule has 1 aromatic carbocycles. The molecule has 1 aromatic heterocycles. The van der Waals surface area contributed by atoms with Crippen molar-refractivity contribution < 1.29 is 4.92 Å². The number of thiazole rings is 1. The molecule has 0 radical (unpaired) electrons. The summed E-state index contributed by atoms with van der Waals surface area (Å²) in [5, 5.41) is 11.1. The van der Waals surface area contributed by atoms with E-state index >= 15 is 0 Å². The van der Waals surface area contributed by atoms with E-state index in [1.807, 2.05) is 6.92 Å². The van der Waals surface area contributed by atoms with Gasteiger partial charge in [0, 0.05) is 22.6 Å². The third-order valence-corrected chi connectivity index (χ3v) is 2.94. The molecule has 6 heteroatoms. The van der Waals surface area contributed by atoms with Gasteiger partial charge in [0.2, 0.25) is 0 Å². The lowest BCUT2D eigenvalue weighted by Gasteiger charge is -1.98. The van der Waals surface area contributed by atoms with Gasteiger partial charge in [-0.25, -0.2) is 4.98 Å². The highest BCUT2D eigenvalue weighted by molar-refractivity contribution is 7.15. The Morgan fingerprint density at radius 2 is 2.25 bits per heavy atom. The number of aromatic nitrogens is 1. The first-order valence-corrected chi connectivity index (χ1v) is 5.37. The second kappa shape index (κ2) is 3.90. The quantitative estimate of drug-likeness (QED) is 0.640. The molecule has 0 saturated heterocycles. The molecular weight excluding hydrogens is 226 g/mol. The van der Waals surface area contributed by atoms with Crippen molar-refractivity contribution >= 4 is 22.2 Å². The highest BCUT2D eigenvalue weighted by Gasteiger charge is 2.11. The van der Waals surface area contributed by atoms with Gasteiger partial charge in [0.25, 0.3) is 5.69 Å². The van der Waals surface area contributed by atoms with E-state index < -0.39 is 4.92 Å². The molecule has 2 aromatic rings. The molecule has 0 bridgehead atoms. The fourth-order valence-corrected chi connectivity index (χ4v) is 2.16. The average molecular weight is 235 g/mol. The van der Waals surface area contributed by atoms with Gasteiger partial charge in [0.1, 0.15) is 0 Å². The zero-order chi connectivity index (χ0) is 11.7. The Balaban J connectivity index is 2.52. The lowest BCUT2D eigenvalue weighted by molar-refractivity contribution is -0.384. The molecule has 0 amide bonds. The molecule has 5 nitrogen and oxygen atoms in total. The van der Waals surface area contributed by atoms with Crippen LogP contribution in [0.15, 0.2) is 24.3 Å². The number of nitrogens with zero attached hydrogens (tertiary/aromatic N) is 2. The standard InChI is InChI=1S/C10H9N3O2S/c1-6-9(12-10(11)16-6)7-3-2-4-8(5-7)13(14)15/h2-5H,1H3,(H2,11,12). The number of nitrogen functional groups attached to an aromatic ring is 1. The summed E-state index contributed by atoms with van der Waals surface area (Å²) in [5.41, 5.74) is 7.08. The minimum absolute atomic E-state index is 0.0588. The number of aryl methyl sites for hydroxylation is 1.